The Morgan fingerprint density at radius 1 is 0.947 bits per heavy atom. The fourth-order valence-electron chi connectivity index (χ4n) is 5.32. The van der Waals surface area contributed by atoms with Gasteiger partial charge in [0.15, 0.2) is 0 Å². The number of hydrogen-bond donors (Lipinski definition) is 2. The van der Waals surface area contributed by atoms with Crippen LogP contribution in [-0.2, 0) is 19.1 Å². The first kappa shape index (κ1) is 27.8. The minimum Gasteiger partial charge on any atom is -0.384 e. The van der Waals surface area contributed by atoms with Gasteiger partial charge in [-0.2, -0.15) is 0 Å². The molecule has 5 amide bonds. The number of carbonyl (C=O) groups is 5. The number of carbonyl (C=O) groups excluding carboxylic acids is 5. The van der Waals surface area contributed by atoms with Crippen molar-refractivity contribution in [3.63, 3.8) is 0 Å². The number of amides is 5. The Morgan fingerprint density at radius 2 is 1.68 bits per heavy atom. The van der Waals surface area contributed by atoms with Crippen LogP contribution in [-0.4, -0.2) is 78.2 Å². The van der Waals surface area contributed by atoms with Gasteiger partial charge in [-0.05, 0) is 50.7 Å². The van der Waals surface area contributed by atoms with Gasteiger partial charge in [0.1, 0.15) is 12.6 Å². The highest BCUT2D eigenvalue weighted by molar-refractivity contribution is 6.25. The van der Waals surface area contributed by atoms with Crippen LogP contribution in [0.1, 0.15) is 91.3 Å². The summed E-state index contributed by atoms with van der Waals surface area (Å²) in [4.78, 5) is 64.7. The predicted octanol–water partition coefficient (Wildman–Crippen LogP) is 2.87. The lowest BCUT2D eigenvalue weighted by atomic mass is 10.0. The second-order valence-electron chi connectivity index (χ2n) is 10.2. The van der Waals surface area contributed by atoms with Crippen LogP contribution in [0.15, 0.2) is 18.2 Å². The maximum atomic E-state index is 13.1. The van der Waals surface area contributed by atoms with Gasteiger partial charge in [0, 0.05) is 38.3 Å². The van der Waals surface area contributed by atoms with Gasteiger partial charge < -0.3 is 15.0 Å². The molecule has 4 rings (SSSR count). The van der Waals surface area contributed by atoms with Crippen LogP contribution < -0.4 is 10.6 Å². The number of nitrogens with one attached hydrogen (secondary N) is 2. The van der Waals surface area contributed by atoms with Gasteiger partial charge in [0.05, 0.1) is 11.1 Å². The number of imide groups is 2. The largest absolute Gasteiger partial charge is 0.384 e. The molecule has 1 aromatic rings. The van der Waals surface area contributed by atoms with Crippen molar-refractivity contribution in [3.8, 4) is 0 Å². The predicted molar refractivity (Wildman–Crippen MR) is 141 cm³/mol. The molecule has 38 heavy (non-hydrogen) atoms. The van der Waals surface area contributed by atoms with E-state index in [0.29, 0.717) is 24.4 Å². The Labute approximate surface area is 223 Å². The number of benzene rings is 1. The third-order valence-electron chi connectivity index (χ3n) is 7.43. The van der Waals surface area contributed by atoms with E-state index in [-0.39, 0.29) is 30.9 Å². The molecule has 0 radical (unpaired) electrons. The highest BCUT2D eigenvalue weighted by atomic mass is 16.5. The highest BCUT2D eigenvalue weighted by Gasteiger charge is 2.45. The number of hydrogen-bond acceptors (Lipinski definition) is 7. The van der Waals surface area contributed by atoms with E-state index in [4.69, 9.17) is 4.74 Å². The first-order valence-corrected chi connectivity index (χ1v) is 13.9. The molecule has 1 unspecified atom stereocenters. The SMILES string of the molecule is O=C1CCC(N2C(=O)c3cccc(NCCCCCCCCOCC(=O)N4CCCCC4)c3C2=O)C(=O)N1. The topological polar surface area (TPSA) is 125 Å². The van der Waals surface area contributed by atoms with Crippen molar-refractivity contribution in [2.24, 2.45) is 0 Å². The lowest BCUT2D eigenvalue weighted by Gasteiger charge is -2.27. The maximum Gasteiger partial charge on any atom is 0.264 e. The maximum absolute atomic E-state index is 13.1. The van der Waals surface area contributed by atoms with Crippen molar-refractivity contribution in [2.75, 3.05) is 38.2 Å². The summed E-state index contributed by atoms with van der Waals surface area (Å²) >= 11 is 0. The van der Waals surface area contributed by atoms with Crippen molar-refractivity contribution in [1.29, 1.82) is 0 Å². The molecule has 0 aromatic heterocycles. The number of likely N-dealkylation sites (tertiary alicyclic amines) is 1. The molecule has 206 valence electrons. The van der Waals surface area contributed by atoms with E-state index < -0.39 is 29.7 Å². The molecular weight excluding hydrogens is 488 g/mol. The van der Waals surface area contributed by atoms with Crippen LogP contribution in [0.4, 0.5) is 5.69 Å². The average Bonchev–Trinajstić information content (AvgIpc) is 3.18. The number of piperidine rings is 2. The zero-order chi connectivity index (χ0) is 26.9. The third kappa shape index (κ3) is 6.78. The summed E-state index contributed by atoms with van der Waals surface area (Å²) in [7, 11) is 0. The minimum atomic E-state index is -0.964. The second-order valence-corrected chi connectivity index (χ2v) is 10.2. The molecular formula is C28H38N4O6. The van der Waals surface area contributed by atoms with Crippen LogP contribution in [0.25, 0.3) is 0 Å². The molecule has 3 heterocycles. The van der Waals surface area contributed by atoms with Gasteiger partial charge in [-0.25, -0.2) is 0 Å². The number of anilines is 1. The number of fused-ring (bicyclic) bond motifs is 1. The molecule has 2 saturated heterocycles. The summed E-state index contributed by atoms with van der Waals surface area (Å²) < 4.78 is 5.56. The summed E-state index contributed by atoms with van der Waals surface area (Å²) in [6, 6.07) is 4.13. The van der Waals surface area contributed by atoms with Crippen LogP contribution in [0.5, 0.6) is 0 Å². The van der Waals surface area contributed by atoms with Crippen molar-refractivity contribution in [1.82, 2.24) is 15.1 Å². The first-order chi connectivity index (χ1) is 18.5. The molecule has 2 N–H and O–H groups in total. The van der Waals surface area contributed by atoms with Crippen molar-refractivity contribution in [3.05, 3.63) is 29.3 Å². The second kappa shape index (κ2) is 13.5. The lowest BCUT2D eigenvalue weighted by Crippen LogP contribution is -2.54. The van der Waals surface area contributed by atoms with E-state index in [0.717, 1.165) is 69.4 Å². The van der Waals surface area contributed by atoms with Gasteiger partial charge in [-0.1, -0.05) is 31.7 Å². The van der Waals surface area contributed by atoms with Crippen molar-refractivity contribution in [2.45, 2.75) is 76.7 Å². The van der Waals surface area contributed by atoms with E-state index in [9.17, 15) is 24.0 Å². The quantitative estimate of drug-likeness (QED) is 0.299. The van der Waals surface area contributed by atoms with E-state index in [1.165, 1.54) is 6.42 Å². The molecule has 3 aliphatic heterocycles. The first-order valence-electron chi connectivity index (χ1n) is 13.9. The molecule has 2 fully saturated rings. The molecule has 10 nitrogen and oxygen atoms in total. The molecule has 0 spiro atoms. The summed E-state index contributed by atoms with van der Waals surface area (Å²) in [5.74, 6) is -1.89. The Kier molecular flexibility index (Phi) is 9.86. The summed E-state index contributed by atoms with van der Waals surface area (Å²) in [5, 5.41) is 5.50. The van der Waals surface area contributed by atoms with Gasteiger partial charge in [-0.15, -0.1) is 0 Å². The third-order valence-corrected chi connectivity index (χ3v) is 7.43. The van der Waals surface area contributed by atoms with E-state index in [1.807, 2.05) is 4.90 Å². The van der Waals surface area contributed by atoms with Crippen LogP contribution in [0.3, 0.4) is 0 Å². The van der Waals surface area contributed by atoms with E-state index >= 15 is 0 Å². The van der Waals surface area contributed by atoms with Crippen LogP contribution in [0.2, 0.25) is 0 Å². The average molecular weight is 527 g/mol. The smallest absolute Gasteiger partial charge is 0.264 e. The van der Waals surface area contributed by atoms with Gasteiger partial charge in [0.25, 0.3) is 11.8 Å². The molecule has 1 atom stereocenters. The number of ether oxygens (including phenoxy) is 1. The molecule has 0 aliphatic carbocycles. The molecule has 3 aliphatic rings. The van der Waals surface area contributed by atoms with Crippen LogP contribution >= 0.6 is 0 Å². The summed E-state index contributed by atoms with van der Waals surface area (Å²) in [6.07, 6.45) is 9.77. The lowest BCUT2D eigenvalue weighted by molar-refractivity contribution is -0.137. The highest BCUT2D eigenvalue weighted by Crippen LogP contribution is 2.32. The van der Waals surface area contributed by atoms with Crippen molar-refractivity contribution < 1.29 is 28.7 Å². The summed E-state index contributed by atoms with van der Waals surface area (Å²) in [6.45, 7) is 3.19. The van der Waals surface area contributed by atoms with Crippen LogP contribution in [0, 0.1) is 0 Å². The van der Waals surface area contributed by atoms with E-state index in [1.54, 1.807) is 18.2 Å². The number of rotatable bonds is 13. The Balaban J connectivity index is 1.11. The van der Waals surface area contributed by atoms with Gasteiger partial charge in [-0.3, -0.25) is 34.2 Å². The number of nitrogens with zero attached hydrogens (tertiary/aromatic N) is 2. The molecule has 0 bridgehead atoms. The Bertz CT molecular complexity index is 1050. The molecule has 10 heteroatoms. The molecule has 1 aromatic carbocycles. The minimum absolute atomic E-state index is 0.0976. The fraction of sp³-hybridized carbons (Fsp3) is 0.607. The standard InChI is InChI=1S/C28H38N4O6/c33-23-14-13-22(26(35)30-23)32-27(36)20-11-10-12-21(25(20)28(32)37)29-15-6-3-1-2-4-9-18-38-19-24(34)31-16-7-5-8-17-31/h10-12,22,29H,1-9,13-19H2,(H,30,33,35). The monoisotopic (exact) mass is 526 g/mol. The zero-order valence-corrected chi connectivity index (χ0v) is 22.0. The molecule has 0 saturated carbocycles. The fourth-order valence-corrected chi connectivity index (χ4v) is 5.32. The zero-order valence-electron chi connectivity index (χ0n) is 22.0. The van der Waals surface area contributed by atoms with Crippen molar-refractivity contribution >= 4 is 35.2 Å². The number of unbranched alkanes of at least 4 members (excludes halogenated alkanes) is 5. The Morgan fingerprint density at radius 3 is 2.45 bits per heavy atom. The van der Waals surface area contributed by atoms with Gasteiger partial charge in [0.2, 0.25) is 17.7 Å². The normalized spacial score (nSPS) is 19.5. The summed E-state index contributed by atoms with van der Waals surface area (Å²) in [5.41, 5.74) is 1.16. The Hall–Kier alpha value is -3.27. The van der Waals surface area contributed by atoms with E-state index in [2.05, 4.69) is 10.6 Å². The van der Waals surface area contributed by atoms with Gasteiger partial charge >= 0.3 is 0 Å².